The quantitative estimate of drug-likeness (QED) is 0.354. The fourth-order valence-corrected chi connectivity index (χ4v) is 0.459. The summed E-state index contributed by atoms with van der Waals surface area (Å²) >= 11 is 0. The third-order valence-electron chi connectivity index (χ3n) is 0.815. The van der Waals surface area contributed by atoms with E-state index in [1.165, 1.54) is 0 Å². The van der Waals surface area contributed by atoms with E-state index in [2.05, 4.69) is 23.1 Å². The average molecular weight is 87.1 g/mol. The fraction of sp³-hybridized carbons (Fsp3) is 1.00. The van der Waals surface area contributed by atoms with Crippen molar-refractivity contribution in [1.82, 2.24) is 16.2 Å². The monoisotopic (exact) mass is 87.1 g/mol. The zero-order valence-corrected chi connectivity index (χ0v) is 3.78. The van der Waals surface area contributed by atoms with Crippen LogP contribution < -0.4 is 16.2 Å². The molecule has 1 rings (SSSR count). The Morgan fingerprint density at radius 2 is 2.50 bits per heavy atom. The van der Waals surface area contributed by atoms with Crippen molar-refractivity contribution in [3.8, 4) is 0 Å². The molecular formula is C3H9N3. The van der Waals surface area contributed by atoms with Gasteiger partial charge in [0.05, 0.1) is 12.8 Å². The SMILES string of the molecule is CC1NCNN1. The molecule has 1 unspecified atom stereocenters. The van der Waals surface area contributed by atoms with Crippen molar-refractivity contribution in [3.63, 3.8) is 0 Å². The van der Waals surface area contributed by atoms with Gasteiger partial charge in [-0.3, -0.25) is 5.32 Å². The first-order chi connectivity index (χ1) is 2.89. The molecule has 0 aliphatic carbocycles. The zero-order valence-electron chi connectivity index (χ0n) is 3.78. The normalized spacial score (nSPS) is 34.5. The summed E-state index contributed by atoms with van der Waals surface area (Å²) in [6, 6.07) is 0. The van der Waals surface area contributed by atoms with Gasteiger partial charge < -0.3 is 0 Å². The van der Waals surface area contributed by atoms with Crippen LogP contribution in [0.25, 0.3) is 0 Å². The highest BCUT2D eigenvalue weighted by atomic mass is 15.5. The molecule has 1 heterocycles. The largest absolute Gasteiger partial charge is 0.287 e. The molecule has 0 aromatic heterocycles. The molecule has 1 atom stereocenters. The van der Waals surface area contributed by atoms with Gasteiger partial charge in [0.25, 0.3) is 0 Å². The topological polar surface area (TPSA) is 36.1 Å². The van der Waals surface area contributed by atoms with Gasteiger partial charge in [0.1, 0.15) is 0 Å². The van der Waals surface area contributed by atoms with Crippen LogP contribution in [0.1, 0.15) is 6.92 Å². The standard InChI is InChI=1S/C3H9N3/c1-3-4-2-5-6-3/h3-6H,2H2,1H3. The Kier molecular flexibility index (Phi) is 1.05. The zero-order chi connectivity index (χ0) is 4.41. The maximum absolute atomic E-state index is 3.10. The molecule has 0 bridgehead atoms. The van der Waals surface area contributed by atoms with Crippen LogP contribution >= 0.6 is 0 Å². The summed E-state index contributed by atoms with van der Waals surface area (Å²) < 4.78 is 0. The highest BCUT2D eigenvalue weighted by Gasteiger charge is 2.02. The Bertz CT molecular complexity index is 39.3. The van der Waals surface area contributed by atoms with E-state index >= 15 is 0 Å². The van der Waals surface area contributed by atoms with Crippen LogP contribution in [0.15, 0.2) is 0 Å². The Morgan fingerprint density at radius 1 is 1.67 bits per heavy atom. The van der Waals surface area contributed by atoms with Crippen LogP contribution in [0.3, 0.4) is 0 Å². The van der Waals surface area contributed by atoms with E-state index in [0.717, 1.165) is 6.67 Å². The number of nitrogens with one attached hydrogen (secondary N) is 3. The number of hydrogen-bond acceptors (Lipinski definition) is 3. The van der Waals surface area contributed by atoms with Crippen LogP contribution in [0.4, 0.5) is 0 Å². The molecule has 3 nitrogen and oxygen atoms in total. The molecule has 3 heteroatoms. The van der Waals surface area contributed by atoms with Gasteiger partial charge in [0.15, 0.2) is 0 Å². The Balaban J connectivity index is 2.18. The minimum atomic E-state index is 0.435. The lowest BCUT2D eigenvalue weighted by Gasteiger charge is -1.95. The predicted octanol–water partition coefficient (Wildman–Crippen LogP) is -1.01. The van der Waals surface area contributed by atoms with Gasteiger partial charge in [-0.25, -0.2) is 10.9 Å². The summed E-state index contributed by atoms with van der Waals surface area (Å²) in [6.07, 6.45) is 0.435. The van der Waals surface area contributed by atoms with Crippen LogP contribution in [-0.4, -0.2) is 12.8 Å². The lowest BCUT2D eigenvalue weighted by molar-refractivity contribution is 0.570. The third kappa shape index (κ3) is 0.680. The molecule has 1 saturated heterocycles. The van der Waals surface area contributed by atoms with Gasteiger partial charge in [-0.1, -0.05) is 0 Å². The highest BCUT2D eigenvalue weighted by molar-refractivity contribution is 4.58. The van der Waals surface area contributed by atoms with Gasteiger partial charge in [-0.15, -0.1) is 0 Å². The van der Waals surface area contributed by atoms with Crippen molar-refractivity contribution < 1.29 is 0 Å². The lowest BCUT2D eigenvalue weighted by atomic mass is 10.6. The molecule has 3 N–H and O–H groups in total. The van der Waals surface area contributed by atoms with E-state index in [1.54, 1.807) is 0 Å². The smallest absolute Gasteiger partial charge is 0.0686 e. The summed E-state index contributed by atoms with van der Waals surface area (Å²) in [5.74, 6) is 0. The first-order valence-corrected chi connectivity index (χ1v) is 2.11. The van der Waals surface area contributed by atoms with Gasteiger partial charge in [-0.05, 0) is 6.92 Å². The molecule has 0 aromatic rings. The van der Waals surface area contributed by atoms with E-state index in [9.17, 15) is 0 Å². The molecule has 0 radical (unpaired) electrons. The molecule has 36 valence electrons. The second-order valence-electron chi connectivity index (χ2n) is 1.42. The van der Waals surface area contributed by atoms with Gasteiger partial charge in [0.2, 0.25) is 0 Å². The predicted molar refractivity (Wildman–Crippen MR) is 23.7 cm³/mol. The molecule has 0 saturated carbocycles. The Morgan fingerprint density at radius 3 is 2.67 bits per heavy atom. The minimum Gasteiger partial charge on any atom is -0.287 e. The first-order valence-electron chi connectivity index (χ1n) is 2.11. The second kappa shape index (κ2) is 1.55. The van der Waals surface area contributed by atoms with E-state index in [-0.39, 0.29) is 0 Å². The molecule has 1 aliphatic heterocycles. The van der Waals surface area contributed by atoms with Crippen LogP contribution in [-0.2, 0) is 0 Å². The van der Waals surface area contributed by atoms with Crippen LogP contribution in [0.5, 0.6) is 0 Å². The van der Waals surface area contributed by atoms with Crippen LogP contribution in [0, 0.1) is 0 Å². The molecule has 0 aromatic carbocycles. The average Bonchev–Trinajstić information content (AvgIpc) is 1.86. The van der Waals surface area contributed by atoms with Crippen molar-refractivity contribution >= 4 is 0 Å². The first kappa shape index (κ1) is 4.05. The van der Waals surface area contributed by atoms with Gasteiger partial charge in [-0.2, -0.15) is 0 Å². The summed E-state index contributed by atoms with van der Waals surface area (Å²) in [5, 5.41) is 3.10. The van der Waals surface area contributed by atoms with Gasteiger partial charge >= 0.3 is 0 Å². The lowest BCUT2D eigenvalue weighted by Crippen LogP contribution is -2.29. The van der Waals surface area contributed by atoms with Crippen molar-refractivity contribution in [2.45, 2.75) is 13.1 Å². The molecular weight excluding hydrogens is 78.1 g/mol. The van der Waals surface area contributed by atoms with E-state index < -0.39 is 0 Å². The number of rotatable bonds is 0. The van der Waals surface area contributed by atoms with E-state index in [1.807, 2.05) is 0 Å². The maximum Gasteiger partial charge on any atom is 0.0686 e. The van der Waals surface area contributed by atoms with Gasteiger partial charge in [0, 0.05) is 0 Å². The number of hydrogen-bond donors (Lipinski definition) is 3. The molecule has 6 heavy (non-hydrogen) atoms. The maximum atomic E-state index is 3.10. The summed E-state index contributed by atoms with van der Waals surface area (Å²) in [4.78, 5) is 0. The number of hydrazine groups is 1. The fourth-order valence-electron chi connectivity index (χ4n) is 0.459. The molecule has 1 fully saturated rings. The third-order valence-corrected chi connectivity index (χ3v) is 0.815. The van der Waals surface area contributed by atoms with Crippen molar-refractivity contribution in [2.75, 3.05) is 6.67 Å². The summed E-state index contributed by atoms with van der Waals surface area (Å²) in [7, 11) is 0. The van der Waals surface area contributed by atoms with Crippen molar-refractivity contribution in [3.05, 3.63) is 0 Å². The van der Waals surface area contributed by atoms with E-state index in [4.69, 9.17) is 0 Å². The minimum absolute atomic E-state index is 0.435. The second-order valence-corrected chi connectivity index (χ2v) is 1.42. The van der Waals surface area contributed by atoms with E-state index in [0.29, 0.717) is 6.17 Å². The summed E-state index contributed by atoms with van der Waals surface area (Å²) in [6.45, 7) is 2.93. The summed E-state index contributed by atoms with van der Waals surface area (Å²) in [5.41, 5.74) is 5.87. The highest BCUT2D eigenvalue weighted by Crippen LogP contribution is 1.72. The molecule has 0 spiro atoms. The Labute approximate surface area is 37.1 Å². The molecule has 0 amide bonds. The Hall–Kier alpha value is -0.120. The molecule has 1 aliphatic rings. The van der Waals surface area contributed by atoms with Crippen LogP contribution in [0.2, 0.25) is 0 Å². The van der Waals surface area contributed by atoms with Crippen molar-refractivity contribution in [1.29, 1.82) is 0 Å². The van der Waals surface area contributed by atoms with Crippen molar-refractivity contribution in [2.24, 2.45) is 0 Å².